The predicted octanol–water partition coefficient (Wildman–Crippen LogP) is -0.575. The monoisotopic (exact) mass is 572 g/mol. The summed E-state index contributed by atoms with van der Waals surface area (Å²) in [6.45, 7) is 1.36. The van der Waals surface area contributed by atoms with Crippen molar-refractivity contribution in [2.45, 2.75) is 18.0 Å². The van der Waals surface area contributed by atoms with Gasteiger partial charge in [-0.1, -0.05) is 5.16 Å². The number of nitrogens with zero attached hydrogens (tertiary/aromatic N) is 5. The highest BCUT2D eigenvalue weighted by Gasteiger charge is 2.54. The van der Waals surface area contributed by atoms with Gasteiger partial charge in [-0.25, -0.2) is 14.3 Å². The molecular formula is C23H26N9O5S2+. The van der Waals surface area contributed by atoms with E-state index in [2.05, 4.69) is 20.8 Å². The van der Waals surface area contributed by atoms with Gasteiger partial charge in [-0.15, -0.1) is 23.1 Å². The second-order valence-electron chi connectivity index (χ2n) is 8.59. The molecule has 0 radical (unpaired) electrons. The van der Waals surface area contributed by atoms with Crippen LogP contribution in [0.25, 0.3) is 5.65 Å². The van der Waals surface area contributed by atoms with Crippen molar-refractivity contribution in [3.8, 4) is 0 Å². The maximum absolute atomic E-state index is 13.1. The number of carboxylic acids is 1. The molecule has 5 heterocycles. The molecule has 0 spiro atoms. The third kappa shape index (κ3) is 4.88. The van der Waals surface area contributed by atoms with Crippen LogP contribution in [0, 0.1) is 0 Å². The van der Waals surface area contributed by atoms with Gasteiger partial charge in [-0.05, 0) is 6.07 Å². The van der Waals surface area contributed by atoms with Crippen LogP contribution in [0.5, 0.6) is 0 Å². The highest BCUT2D eigenvalue weighted by molar-refractivity contribution is 8.00. The third-order valence-corrected chi connectivity index (χ3v) is 8.22. The minimum absolute atomic E-state index is 0.0726. The summed E-state index contributed by atoms with van der Waals surface area (Å²) in [7, 11) is 1.28. The summed E-state index contributed by atoms with van der Waals surface area (Å²) in [5, 5.41) is 20.9. The Morgan fingerprint density at radius 2 is 2.21 bits per heavy atom. The molecule has 0 aromatic carbocycles. The van der Waals surface area contributed by atoms with Gasteiger partial charge in [-0.2, -0.15) is 4.40 Å². The number of β-lactam (4-membered cyclic amide) rings is 1. The summed E-state index contributed by atoms with van der Waals surface area (Å²) in [4.78, 5) is 48.5. The first kappa shape index (κ1) is 26.5. The van der Waals surface area contributed by atoms with Crippen LogP contribution >= 0.6 is 23.1 Å². The van der Waals surface area contributed by atoms with E-state index in [0.717, 1.165) is 22.8 Å². The SMILES string of the molecule is CON=C(C(=O)N[C@H]1C(=O)N2C(C(=O)O)=C(C[n+]3ccn4c(NCCN)cccc43)CS[C@@H]12)c1csc(N)n1. The van der Waals surface area contributed by atoms with Crippen LogP contribution in [0.2, 0.25) is 0 Å². The van der Waals surface area contributed by atoms with E-state index in [1.54, 1.807) is 5.38 Å². The number of fused-ring (bicyclic) bond motifs is 2. The normalized spacial score (nSPS) is 19.1. The molecule has 7 N–H and O–H groups in total. The highest BCUT2D eigenvalue weighted by Crippen LogP contribution is 2.40. The van der Waals surface area contributed by atoms with E-state index >= 15 is 0 Å². The Hall–Kier alpha value is -4.15. The molecule has 0 aliphatic carbocycles. The zero-order valence-electron chi connectivity index (χ0n) is 20.7. The Kier molecular flexibility index (Phi) is 7.40. The van der Waals surface area contributed by atoms with Crippen molar-refractivity contribution < 1.29 is 28.9 Å². The molecule has 2 atom stereocenters. The Morgan fingerprint density at radius 1 is 1.38 bits per heavy atom. The molecule has 3 aromatic rings. The second-order valence-corrected chi connectivity index (χ2v) is 10.6. The first-order valence-electron chi connectivity index (χ1n) is 11.8. The standard InChI is InChI=1S/C23H25N9O5S2/c1-37-29-16(13-11-39-23(25)27-13)19(33)28-17-20(34)32-18(22(35)36)12(10-38-21(17)32)9-30-7-8-31-14(26-6-5-24)3-2-4-15(30)31/h2-4,7-8,11,17,21H,5-6,9-10,24H2,1H3,(H4,25,27,28,33,35,36)/p+1/t17-,21-/m0/s1. The molecule has 2 aliphatic rings. The number of amides is 2. The second kappa shape index (κ2) is 10.9. The number of hydrogen-bond donors (Lipinski definition) is 5. The van der Waals surface area contributed by atoms with Gasteiger partial charge >= 0.3 is 5.97 Å². The van der Waals surface area contributed by atoms with Crippen LogP contribution in [-0.4, -0.2) is 80.3 Å². The van der Waals surface area contributed by atoms with Crippen molar-refractivity contribution in [1.29, 1.82) is 0 Å². The smallest absolute Gasteiger partial charge is 0.352 e. The van der Waals surface area contributed by atoms with Crippen LogP contribution in [-0.2, 0) is 25.8 Å². The molecule has 1 fully saturated rings. The molecule has 0 bridgehead atoms. The number of nitrogen functional groups attached to an aromatic ring is 1. The largest absolute Gasteiger partial charge is 0.477 e. The van der Waals surface area contributed by atoms with Crippen molar-refractivity contribution in [3.63, 3.8) is 0 Å². The number of pyridine rings is 1. The first-order valence-corrected chi connectivity index (χ1v) is 13.7. The molecular weight excluding hydrogens is 546 g/mol. The van der Waals surface area contributed by atoms with Gasteiger partial charge in [-0.3, -0.25) is 14.5 Å². The van der Waals surface area contributed by atoms with Crippen molar-refractivity contribution in [1.82, 2.24) is 19.6 Å². The van der Waals surface area contributed by atoms with Crippen molar-refractivity contribution in [2.75, 3.05) is 37.0 Å². The van der Waals surface area contributed by atoms with Gasteiger partial charge in [0.2, 0.25) is 0 Å². The van der Waals surface area contributed by atoms with E-state index in [4.69, 9.17) is 16.3 Å². The number of carbonyl (C=O) groups is 3. The number of aromatic nitrogens is 3. The number of nitrogens with one attached hydrogen (secondary N) is 2. The van der Waals surface area contributed by atoms with Gasteiger partial charge in [0.25, 0.3) is 17.5 Å². The number of anilines is 2. The lowest BCUT2D eigenvalue weighted by Crippen LogP contribution is -2.71. The number of carboxylic acid groups (broad SMARTS) is 1. The fourth-order valence-corrected chi connectivity index (χ4v) is 6.40. The highest BCUT2D eigenvalue weighted by atomic mass is 32.2. The van der Waals surface area contributed by atoms with Gasteiger partial charge in [0.15, 0.2) is 16.7 Å². The summed E-state index contributed by atoms with van der Waals surface area (Å²) in [6.07, 6.45) is 3.73. The third-order valence-electron chi connectivity index (χ3n) is 6.21. The molecule has 0 unspecified atom stereocenters. The number of aliphatic carboxylic acids is 1. The molecule has 1 saturated heterocycles. The zero-order valence-corrected chi connectivity index (χ0v) is 22.4. The predicted molar refractivity (Wildman–Crippen MR) is 145 cm³/mol. The average Bonchev–Trinajstić information content (AvgIpc) is 3.54. The molecule has 5 rings (SSSR count). The van der Waals surface area contributed by atoms with Gasteiger partial charge in [0.1, 0.15) is 48.9 Å². The maximum Gasteiger partial charge on any atom is 0.352 e. The zero-order chi connectivity index (χ0) is 27.7. The Labute approximate surface area is 230 Å². The molecule has 204 valence electrons. The van der Waals surface area contributed by atoms with Gasteiger partial charge < -0.3 is 32.0 Å². The number of hydrogen-bond acceptors (Lipinski definition) is 11. The van der Waals surface area contributed by atoms with E-state index < -0.39 is 29.2 Å². The summed E-state index contributed by atoms with van der Waals surface area (Å²) in [6, 6.07) is 4.81. The van der Waals surface area contributed by atoms with E-state index in [-0.39, 0.29) is 28.8 Å². The lowest BCUT2D eigenvalue weighted by atomic mass is 10.0. The van der Waals surface area contributed by atoms with Crippen LogP contribution in [0.4, 0.5) is 10.9 Å². The van der Waals surface area contributed by atoms with Gasteiger partial charge in [0.05, 0.1) is 0 Å². The first-order chi connectivity index (χ1) is 18.8. The molecule has 16 heteroatoms. The molecule has 0 saturated carbocycles. The number of thioether (sulfide) groups is 1. The Morgan fingerprint density at radius 3 is 2.90 bits per heavy atom. The lowest BCUT2D eigenvalue weighted by Gasteiger charge is -2.49. The fourth-order valence-electron chi connectivity index (χ4n) is 4.51. The fraction of sp³-hybridized carbons (Fsp3) is 0.304. The van der Waals surface area contributed by atoms with Crippen LogP contribution in [0.15, 0.2) is 52.4 Å². The minimum Gasteiger partial charge on any atom is -0.477 e. The average molecular weight is 573 g/mol. The summed E-state index contributed by atoms with van der Waals surface area (Å²) >= 11 is 2.51. The summed E-state index contributed by atoms with van der Waals surface area (Å²) < 4.78 is 3.87. The van der Waals surface area contributed by atoms with E-state index in [0.29, 0.717) is 24.4 Å². The number of nitrogens with two attached hydrogens (primary N) is 2. The Bertz CT molecular complexity index is 1510. The lowest BCUT2D eigenvalue weighted by molar-refractivity contribution is -0.662. The molecule has 2 amide bonds. The summed E-state index contributed by atoms with van der Waals surface area (Å²) in [5.41, 5.74) is 12.7. The van der Waals surface area contributed by atoms with E-state index in [1.165, 1.54) is 23.8 Å². The number of thiazole rings is 1. The number of carbonyl (C=O) groups excluding carboxylic acids is 2. The van der Waals surface area contributed by atoms with Crippen LogP contribution in [0.1, 0.15) is 5.69 Å². The molecule has 39 heavy (non-hydrogen) atoms. The Balaban J connectivity index is 1.36. The minimum atomic E-state index is -1.21. The quantitative estimate of drug-likeness (QED) is 0.0909. The maximum atomic E-state index is 13.1. The van der Waals surface area contributed by atoms with Crippen molar-refractivity contribution in [3.05, 3.63) is 52.9 Å². The van der Waals surface area contributed by atoms with Crippen molar-refractivity contribution >= 4 is 63.2 Å². The molecule has 14 nitrogen and oxygen atoms in total. The molecule has 3 aromatic heterocycles. The summed E-state index contributed by atoms with van der Waals surface area (Å²) in [5.74, 6) is -1.19. The number of imidazole rings is 1. The van der Waals surface area contributed by atoms with Gasteiger partial charge in [0, 0.05) is 41.9 Å². The number of oxime groups is 1. The van der Waals surface area contributed by atoms with Crippen molar-refractivity contribution in [2.24, 2.45) is 10.9 Å². The topological polar surface area (TPSA) is 194 Å². The molecule has 2 aliphatic heterocycles. The van der Waals surface area contributed by atoms with E-state index in [9.17, 15) is 19.5 Å². The van der Waals surface area contributed by atoms with Crippen LogP contribution < -0.4 is 26.7 Å². The van der Waals surface area contributed by atoms with E-state index in [1.807, 2.05) is 39.6 Å². The van der Waals surface area contributed by atoms with Crippen LogP contribution in [0.3, 0.4) is 0 Å². The number of rotatable bonds is 10.